The summed E-state index contributed by atoms with van der Waals surface area (Å²) in [7, 11) is -3.57. The van der Waals surface area contributed by atoms with E-state index in [0.29, 0.717) is 19.4 Å². The quantitative estimate of drug-likeness (QED) is 0.511. The number of rotatable bonds is 6. The number of carbonyl (C=O) groups excluding carboxylic acids is 1. The number of hydrogen-bond acceptors (Lipinski definition) is 6. The number of carbonyl (C=O) groups is 1. The average Bonchev–Trinajstić information content (AvgIpc) is 3.16. The first-order chi connectivity index (χ1) is 18.3. The van der Waals surface area contributed by atoms with Gasteiger partial charge in [-0.25, -0.2) is 22.3 Å². The van der Waals surface area contributed by atoms with Crippen molar-refractivity contribution in [3.8, 4) is 11.1 Å². The molecule has 5 rings (SSSR count). The van der Waals surface area contributed by atoms with Crippen LogP contribution < -0.4 is 10.0 Å². The lowest BCUT2D eigenvalue weighted by Crippen LogP contribution is -2.50. The Hall–Kier alpha value is -2.82. The van der Waals surface area contributed by atoms with Gasteiger partial charge >= 0.3 is 6.09 Å². The van der Waals surface area contributed by atoms with Gasteiger partial charge in [-0.15, -0.1) is 0 Å². The first-order valence-corrected chi connectivity index (χ1v) is 14.8. The second-order valence-corrected chi connectivity index (χ2v) is 12.5. The molecule has 10 heteroatoms. The third kappa shape index (κ3) is 5.48. The molecule has 8 nitrogen and oxygen atoms in total. The van der Waals surface area contributed by atoms with Crippen LogP contribution in [0.1, 0.15) is 38.3 Å². The minimum absolute atomic E-state index is 0.0563. The number of aromatic nitrogens is 1. The van der Waals surface area contributed by atoms with Gasteiger partial charge in [0.15, 0.2) is 0 Å². The van der Waals surface area contributed by atoms with Crippen molar-refractivity contribution >= 4 is 22.2 Å². The van der Waals surface area contributed by atoms with Crippen LogP contribution in [0.4, 0.5) is 9.18 Å². The molecule has 38 heavy (non-hydrogen) atoms. The van der Waals surface area contributed by atoms with Crippen molar-refractivity contribution in [2.75, 3.05) is 13.2 Å². The van der Waals surface area contributed by atoms with Gasteiger partial charge < -0.3 is 15.2 Å². The van der Waals surface area contributed by atoms with Gasteiger partial charge in [-0.3, -0.25) is 4.98 Å². The minimum atomic E-state index is -3.57. The van der Waals surface area contributed by atoms with Gasteiger partial charge in [0.05, 0.1) is 24.2 Å². The molecule has 0 radical (unpaired) electrons. The Bertz CT molecular complexity index is 1290. The van der Waals surface area contributed by atoms with E-state index < -0.39 is 27.4 Å². The van der Waals surface area contributed by atoms with Gasteiger partial charge in [0.2, 0.25) is 10.0 Å². The molecule has 1 aliphatic heterocycles. The first kappa shape index (κ1) is 26.8. The van der Waals surface area contributed by atoms with E-state index in [4.69, 9.17) is 4.74 Å². The van der Waals surface area contributed by atoms with Crippen LogP contribution in [-0.4, -0.2) is 55.1 Å². The zero-order valence-corrected chi connectivity index (χ0v) is 22.1. The predicted molar refractivity (Wildman–Crippen MR) is 142 cm³/mol. The topological polar surface area (TPSA) is 118 Å². The molecule has 1 aromatic carbocycles. The molecule has 0 unspecified atom stereocenters. The number of hydrogen-bond donors (Lipinski definition) is 3. The number of amides is 1. The van der Waals surface area contributed by atoms with Crippen LogP contribution in [0.5, 0.6) is 0 Å². The molecule has 7 atom stereocenters. The number of pyridine rings is 1. The highest BCUT2D eigenvalue weighted by molar-refractivity contribution is 7.90. The average molecular weight is 544 g/mol. The van der Waals surface area contributed by atoms with E-state index in [1.165, 1.54) is 12.1 Å². The predicted octanol–water partition coefficient (Wildman–Crippen LogP) is 3.73. The number of ether oxygens (including phenoxy) is 1. The third-order valence-electron chi connectivity index (χ3n) is 8.35. The highest BCUT2D eigenvalue weighted by Crippen LogP contribution is 2.52. The molecule has 1 aromatic heterocycles. The van der Waals surface area contributed by atoms with Crippen LogP contribution in [0.15, 0.2) is 48.7 Å². The fourth-order valence-electron chi connectivity index (χ4n) is 6.74. The van der Waals surface area contributed by atoms with Crippen molar-refractivity contribution in [2.24, 2.45) is 23.7 Å². The molecule has 1 amide bonds. The van der Waals surface area contributed by atoms with Gasteiger partial charge in [-0.05, 0) is 80.2 Å². The molecule has 2 saturated carbocycles. The smallest absolute Gasteiger partial charge is 0.407 e. The van der Waals surface area contributed by atoms with Crippen molar-refractivity contribution in [3.63, 3.8) is 0 Å². The normalized spacial score (nSPS) is 31.9. The molecule has 3 aliphatic rings. The van der Waals surface area contributed by atoms with E-state index in [0.717, 1.165) is 29.7 Å². The fourth-order valence-corrected chi connectivity index (χ4v) is 8.86. The maximum absolute atomic E-state index is 13.6. The molecule has 1 saturated heterocycles. The monoisotopic (exact) mass is 543 g/mol. The highest BCUT2D eigenvalue weighted by Gasteiger charge is 2.56. The summed E-state index contributed by atoms with van der Waals surface area (Å²) in [6.45, 7) is 1.80. The number of halogens is 1. The summed E-state index contributed by atoms with van der Waals surface area (Å²) in [4.78, 5) is 16.5. The van der Waals surface area contributed by atoms with E-state index in [9.17, 15) is 22.7 Å². The lowest BCUT2D eigenvalue weighted by Gasteiger charge is -2.48. The van der Waals surface area contributed by atoms with E-state index >= 15 is 0 Å². The molecular weight excluding hydrogens is 509 g/mol. The Morgan fingerprint density at radius 1 is 1.24 bits per heavy atom. The van der Waals surface area contributed by atoms with Gasteiger partial charge in [0, 0.05) is 29.8 Å². The van der Waals surface area contributed by atoms with E-state index in [1.807, 2.05) is 24.3 Å². The minimum Gasteiger partial charge on any atom is -0.450 e. The summed E-state index contributed by atoms with van der Waals surface area (Å²) < 4.78 is 47.4. The number of nitrogens with zero attached hydrogens (tertiary/aromatic N) is 1. The SMILES string of the molecule is CCOC(=O)N[C@@H]1CC[C@@H]2[C@@H](C1)C[C@@H]1[C@H]([C@H]2/C=C/c2ccc(-c3cccc(F)c3)cn2)[C@@H](CO)NS1(=O)=O. The van der Waals surface area contributed by atoms with Crippen molar-refractivity contribution in [3.05, 3.63) is 60.2 Å². The molecular formula is C28H34FN3O5S. The molecule has 2 heterocycles. The molecule has 204 valence electrons. The number of aliphatic hydroxyl groups excluding tert-OH is 1. The van der Waals surface area contributed by atoms with Gasteiger partial charge in [0.1, 0.15) is 5.82 Å². The lowest BCUT2D eigenvalue weighted by atomic mass is 9.59. The van der Waals surface area contributed by atoms with Gasteiger partial charge in [0.25, 0.3) is 0 Å². The van der Waals surface area contributed by atoms with Crippen LogP contribution >= 0.6 is 0 Å². The molecule has 0 spiro atoms. The highest BCUT2D eigenvalue weighted by atomic mass is 32.2. The Morgan fingerprint density at radius 3 is 2.79 bits per heavy atom. The standard InChI is InChI=1S/C28H34FN3O5S/c1-2-37-28(34)31-22-9-10-23-19(13-22)14-26-27(25(16-33)32-38(26,35)36)24(23)11-8-21-7-6-18(15-30-21)17-4-3-5-20(29)12-17/h3-8,11-12,15,19,22-27,32-33H,2,9-10,13-14,16H2,1H3,(H,31,34)/b11-8+/t19-,22+,23+,24-,25+,26+,27+/m0/s1. The van der Waals surface area contributed by atoms with E-state index in [1.54, 1.807) is 19.2 Å². The molecule has 2 aliphatic carbocycles. The Morgan fingerprint density at radius 2 is 2.08 bits per heavy atom. The largest absolute Gasteiger partial charge is 0.450 e. The number of fused-ring (bicyclic) bond motifs is 2. The second kappa shape index (κ2) is 11.1. The summed E-state index contributed by atoms with van der Waals surface area (Å²) in [6, 6.07) is 9.51. The Kier molecular flexibility index (Phi) is 7.83. The number of nitrogens with one attached hydrogen (secondary N) is 2. The number of aliphatic hydroxyl groups is 1. The van der Waals surface area contributed by atoms with Crippen molar-refractivity contribution < 1.29 is 27.4 Å². The summed E-state index contributed by atoms with van der Waals surface area (Å²) in [5, 5.41) is 12.4. The van der Waals surface area contributed by atoms with Gasteiger partial charge in [-0.1, -0.05) is 24.3 Å². The van der Waals surface area contributed by atoms with E-state index in [-0.39, 0.29) is 42.1 Å². The number of allylic oxidation sites excluding steroid dienone is 1. The molecule has 0 bridgehead atoms. The Balaban J connectivity index is 1.39. The molecule has 3 N–H and O–H groups in total. The van der Waals surface area contributed by atoms with Crippen LogP contribution in [0.3, 0.4) is 0 Å². The van der Waals surface area contributed by atoms with E-state index in [2.05, 4.69) is 21.1 Å². The summed E-state index contributed by atoms with van der Waals surface area (Å²) >= 11 is 0. The zero-order valence-electron chi connectivity index (χ0n) is 21.3. The van der Waals surface area contributed by atoms with Crippen LogP contribution in [-0.2, 0) is 14.8 Å². The zero-order chi connectivity index (χ0) is 26.9. The van der Waals surface area contributed by atoms with Crippen LogP contribution in [0.2, 0.25) is 0 Å². The number of benzene rings is 1. The summed E-state index contributed by atoms with van der Waals surface area (Å²) in [5.41, 5.74) is 2.27. The van der Waals surface area contributed by atoms with Crippen molar-refractivity contribution in [1.29, 1.82) is 0 Å². The second-order valence-electron chi connectivity index (χ2n) is 10.5. The number of sulfonamides is 1. The summed E-state index contributed by atoms with van der Waals surface area (Å²) in [5.74, 6) is -0.288. The molecule has 2 aromatic rings. The molecule has 3 fully saturated rings. The lowest BCUT2D eigenvalue weighted by molar-refractivity contribution is 0.0538. The van der Waals surface area contributed by atoms with Crippen molar-refractivity contribution in [2.45, 2.75) is 49.9 Å². The summed E-state index contributed by atoms with van der Waals surface area (Å²) in [6.07, 6.45) is 8.06. The van der Waals surface area contributed by atoms with Crippen LogP contribution in [0, 0.1) is 29.5 Å². The first-order valence-electron chi connectivity index (χ1n) is 13.2. The maximum Gasteiger partial charge on any atom is 0.407 e. The Labute approximate surface area is 222 Å². The van der Waals surface area contributed by atoms with Crippen LogP contribution in [0.25, 0.3) is 17.2 Å². The van der Waals surface area contributed by atoms with Gasteiger partial charge in [-0.2, -0.15) is 0 Å². The third-order valence-corrected chi connectivity index (χ3v) is 10.3. The fraction of sp³-hybridized carbons (Fsp3) is 0.500. The maximum atomic E-state index is 13.6. The number of alkyl carbamates (subject to hydrolysis) is 1. The van der Waals surface area contributed by atoms with Crippen molar-refractivity contribution in [1.82, 2.24) is 15.0 Å².